The van der Waals surface area contributed by atoms with Crippen molar-refractivity contribution in [1.29, 1.82) is 0 Å². The van der Waals surface area contributed by atoms with E-state index in [2.05, 4.69) is 0 Å². The molecule has 2 bridgehead atoms. The number of carbonyl (C=O) groups is 1. The number of fused-ring (bicyclic) bond motifs is 2. The summed E-state index contributed by atoms with van der Waals surface area (Å²) in [5.41, 5.74) is 1.11. The van der Waals surface area contributed by atoms with E-state index in [1.165, 1.54) is 6.26 Å². The monoisotopic (exact) mass is 351 g/mol. The molecule has 0 saturated carbocycles. The molecule has 0 aliphatic carbocycles. The second kappa shape index (κ2) is 6.75. The molecule has 0 aromatic heterocycles. The summed E-state index contributed by atoms with van der Waals surface area (Å²) in [6, 6.07) is 7.98. The molecular formula is C18H25NO4S. The maximum atomic E-state index is 12.7. The topological polar surface area (TPSA) is 63.7 Å². The minimum atomic E-state index is -3.01. The molecule has 1 aromatic rings. The fourth-order valence-electron chi connectivity index (χ4n) is 4.06. The van der Waals surface area contributed by atoms with Crippen LogP contribution in [-0.4, -0.2) is 49.9 Å². The van der Waals surface area contributed by atoms with Gasteiger partial charge in [-0.05, 0) is 49.8 Å². The Labute approximate surface area is 143 Å². The molecule has 24 heavy (non-hydrogen) atoms. The molecule has 2 unspecified atom stereocenters. The van der Waals surface area contributed by atoms with Gasteiger partial charge in [-0.15, -0.1) is 0 Å². The van der Waals surface area contributed by atoms with Crippen LogP contribution in [0.5, 0.6) is 5.75 Å². The lowest BCUT2D eigenvalue weighted by Gasteiger charge is -2.38. The quantitative estimate of drug-likeness (QED) is 0.816. The predicted octanol–water partition coefficient (Wildman–Crippen LogP) is 2.19. The summed E-state index contributed by atoms with van der Waals surface area (Å²) in [4.78, 5) is 14.6. The number of hydrogen-bond donors (Lipinski definition) is 0. The summed E-state index contributed by atoms with van der Waals surface area (Å²) in [5.74, 6) is 0.969. The first-order valence-corrected chi connectivity index (χ1v) is 10.5. The number of piperidine rings is 1. The van der Waals surface area contributed by atoms with Crippen LogP contribution in [0, 0.1) is 0 Å². The van der Waals surface area contributed by atoms with Crippen LogP contribution in [0.15, 0.2) is 24.3 Å². The summed E-state index contributed by atoms with van der Waals surface area (Å²) in [7, 11) is -1.38. The second-order valence-corrected chi connectivity index (χ2v) is 9.28. The maximum Gasteiger partial charge on any atom is 0.223 e. The predicted molar refractivity (Wildman–Crippen MR) is 92.8 cm³/mol. The SMILES string of the molecule is COc1ccc(CCC(=O)N2C3CCC2CC(S(C)(=O)=O)C3)cc1. The van der Waals surface area contributed by atoms with Crippen molar-refractivity contribution in [1.82, 2.24) is 4.90 Å². The molecule has 6 heteroatoms. The van der Waals surface area contributed by atoms with Crippen LogP contribution >= 0.6 is 0 Å². The smallest absolute Gasteiger partial charge is 0.223 e. The van der Waals surface area contributed by atoms with Crippen LogP contribution in [0.4, 0.5) is 0 Å². The second-order valence-electron chi connectivity index (χ2n) is 6.96. The number of ether oxygens (including phenoxy) is 1. The lowest BCUT2D eigenvalue weighted by molar-refractivity contribution is -0.135. The number of amides is 1. The average Bonchev–Trinajstić information content (AvgIpc) is 2.81. The van der Waals surface area contributed by atoms with Crippen molar-refractivity contribution in [2.45, 2.75) is 55.9 Å². The van der Waals surface area contributed by atoms with Crippen LogP contribution in [-0.2, 0) is 21.1 Å². The summed E-state index contributed by atoms with van der Waals surface area (Å²) in [5, 5.41) is -0.277. The molecule has 0 N–H and O–H groups in total. The molecule has 5 nitrogen and oxygen atoms in total. The van der Waals surface area contributed by atoms with Gasteiger partial charge in [0, 0.05) is 24.8 Å². The number of carbonyl (C=O) groups excluding carboxylic acids is 1. The van der Waals surface area contributed by atoms with Crippen molar-refractivity contribution in [2.24, 2.45) is 0 Å². The molecule has 2 aliphatic rings. The van der Waals surface area contributed by atoms with Crippen LogP contribution in [0.2, 0.25) is 0 Å². The fraction of sp³-hybridized carbons (Fsp3) is 0.611. The number of aryl methyl sites for hydroxylation is 1. The highest BCUT2D eigenvalue weighted by molar-refractivity contribution is 7.91. The van der Waals surface area contributed by atoms with Gasteiger partial charge in [0.2, 0.25) is 5.91 Å². The van der Waals surface area contributed by atoms with Gasteiger partial charge >= 0.3 is 0 Å². The van der Waals surface area contributed by atoms with Gasteiger partial charge in [-0.25, -0.2) is 8.42 Å². The normalized spacial score (nSPS) is 26.4. The molecule has 2 heterocycles. The van der Waals surface area contributed by atoms with Crippen LogP contribution in [0.3, 0.4) is 0 Å². The number of rotatable bonds is 5. The lowest BCUT2D eigenvalue weighted by Crippen LogP contribution is -2.49. The standard InChI is InChI=1S/C18H25NO4S/c1-23-16-8-3-13(4-9-16)5-10-18(20)19-14-6-7-15(19)12-17(11-14)24(2,21)22/h3-4,8-9,14-15,17H,5-7,10-12H2,1-2H3. The van der Waals surface area contributed by atoms with E-state index in [1.54, 1.807) is 7.11 Å². The van der Waals surface area contributed by atoms with E-state index in [0.29, 0.717) is 25.7 Å². The van der Waals surface area contributed by atoms with Crippen molar-refractivity contribution in [3.8, 4) is 5.75 Å². The Bertz CT molecular complexity index is 684. The third-order valence-electron chi connectivity index (χ3n) is 5.37. The van der Waals surface area contributed by atoms with E-state index in [1.807, 2.05) is 29.2 Å². The molecule has 3 rings (SSSR count). The Hall–Kier alpha value is -1.56. The Balaban J connectivity index is 1.60. The largest absolute Gasteiger partial charge is 0.497 e. The van der Waals surface area contributed by atoms with Gasteiger partial charge in [-0.2, -0.15) is 0 Å². The van der Waals surface area contributed by atoms with E-state index >= 15 is 0 Å². The number of nitrogens with zero attached hydrogens (tertiary/aromatic N) is 1. The lowest BCUT2D eigenvalue weighted by atomic mass is 10.0. The number of hydrogen-bond acceptors (Lipinski definition) is 4. The summed E-state index contributed by atoms with van der Waals surface area (Å²) in [6.45, 7) is 0. The Morgan fingerprint density at radius 1 is 1.17 bits per heavy atom. The molecule has 2 saturated heterocycles. The van der Waals surface area contributed by atoms with Gasteiger partial charge in [-0.3, -0.25) is 4.79 Å². The molecule has 2 fully saturated rings. The van der Waals surface area contributed by atoms with E-state index in [4.69, 9.17) is 4.74 Å². The van der Waals surface area contributed by atoms with Crippen molar-refractivity contribution in [3.05, 3.63) is 29.8 Å². The van der Waals surface area contributed by atoms with Gasteiger partial charge in [-0.1, -0.05) is 12.1 Å². The third kappa shape index (κ3) is 3.58. The minimum Gasteiger partial charge on any atom is -0.497 e. The molecule has 1 amide bonds. The van der Waals surface area contributed by atoms with Crippen molar-refractivity contribution < 1.29 is 17.9 Å². The zero-order valence-electron chi connectivity index (χ0n) is 14.3. The molecule has 1 aromatic carbocycles. The van der Waals surface area contributed by atoms with Crippen molar-refractivity contribution in [3.63, 3.8) is 0 Å². The Morgan fingerprint density at radius 3 is 2.25 bits per heavy atom. The summed E-state index contributed by atoms with van der Waals surface area (Å²) >= 11 is 0. The van der Waals surface area contributed by atoms with Gasteiger partial charge in [0.05, 0.1) is 12.4 Å². The summed E-state index contributed by atoms with van der Waals surface area (Å²) < 4.78 is 28.8. The highest BCUT2D eigenvalue weighted by Crippen LogP contribution is 2.38. The van der Waals surface area contributed by atoms with Gasteiger partial charge in [0.25, 0.3) is 0 Å². The first-order chi connectivity index (χ1) is 11.4. The van der Waals surface area contributed by atoms with Crippen LogP contribution in [0.1, 0.15) is 37.7 Å². The Kier molecular flexibility index (Phi) is 4.85. The van der Waals surface area contributed by atoms with Gasteiger partial charge < -0.3 is 9.64 Å². The van der Waals surface area contributed by atoms with Gasteiger partial charge in [0.1, 0.15) is 15.6 Å². The molecule has 0 radical (unpaired) electrons. The Morgan fingerprint density at radius 2 is 1.75 bits per heavy atom. The maximum absolute atomic E-state index is 12.7. The van der Waals surface area contributed by atoms with E-state index in [-0.39, 0.29) is 23.2 Å². The molecule has 2 atom stereocenters. The van der Waals surface area contributed by atoms with Crippen molar-refractivity contribution >= 4 is 15.7 Å². The highest BCUT2D eigenvalue weighted by atomic mass is 32.2. The zero-order valence-corrected chi connectivity index (χ0v) is 15.1. The van der Waals surface area contributed by atoms with Crippen molar-refractivity contribution in [2.75, 3.05) is 13.4 Å². The first kappa shape index (κ1) is 17.3. The molecule has 2 aliphatic heterocycles. The molecule has 132 valence electrons. The van der Waals surface area contributed by atoms with Gasteiger partial charge in [0.15, 0.2) is 0 Å². The zero-order chi connectivity index (χ0) is 17.3. The fourth-order valence-corrected chi connectivity index (χ4v) is 5.20. The first-order valence-electron chi connectivity index (χ1n) is 8.51. The minimum absolute atomic E-state index is 0.104. The number of benzene rings is 1. The third-order valence-corrected chi connectivity index (χ3v) is 6.97. The number of sulfone groups is 1. The summed E-state index contributed by atoms with van der Waals surface area (Å²) in [6.07, 6.45) is 5.57. The van der Waals surface area contributed by atoms with E-state index < -0.39 is 9.84 Å². The van der Waals surface area contributed by atoms with Crippen LogP contribution < -0.4 is 4.74 Å². The van der Waals surface area contributed by atoms with E-state index in [9.17, 15) is 13.2 Å². The molecular weight excluding hydrogens is 326 g/mol. The highest BCUT2D eigenvalue weighted by Gasteiger charge is 2.45. The van der Waals surface area contributed by atoms with Crippen LogP contribution in [0.25, 0.3) is 0 Å². The number of methoxy groups -OCH3 is 1. The average molecular weight is 351 g/mol. The van der Waals surface area contributed by atoms with E-state index in [0.717, 1.165) is 24.2 Å². The molecule has 0 spiro atoms.